The fraction of sp³-hybridized carbons (Fsp3) is 0. The zero-order valence-electron chi connectivity index (χ0n) is 16.4. The molecule has 0 bridgehead atoms. The highest BCUT2D eigenvalue weighted by atomic mass is 32.2. The van der Waals surface area contributed by atoms with Gasteiger partial charge in [-0.15, -0.1) is 0 Å². The normalized spacial score (nSPS) is 14.8. The number of fused-ring (bicyclic) bond motifs is 3. The summed E-state index contributed by atoms with van der Waals surface area (Å²) in [6.45, 7) is 0. The van der Waals surface area contributed by atoms with E-state index in [2.05, 4.69) is 23.3 Å². The van der Waals surface area contributed by atoms with Gasteiger partial charge in [0.05, 0.1) is 9.79 Å². The van der Waals surface area contributed by atoms with Crippen molar-refractivity contribution < 1.29 is 12.9 Å². The Hall–Kier alpha value is -3.34. The van der Waals surface area contributed by atoms with Crippen LogP contribution in [0.5, 0.6) is 5.75 Å². The van der Waals surface area contributed by atoms with Gasteiger partial charge < -0.3 is 15.3 Å². The molecule has 0 saturated heterocycles. The molecule has 0 aromatic heterocycles. The second-order valence-electron chi connectivity index (χ2n) is 7.11. The molecule has 1 unspecified atom stereocenters. The van der Waals surface area contributed by atoms with Crippen LogP contribution in [-0.2, 0) is 9.84 Å². The third kappa shape index (κ3) is 3.65. The van der Waals surface area contributed by atoms with Gasteiger partial charge in [-0.25, -0.2) is 8.42 Å². The molecule has 1 atom stereocenters. The van der Waals surface area contributed by atoms with E-state index in [0.717, 1.165) is 27.9 Å². The summed E-state index contributed by atoms with van der Waals surface area (Å²) in [5.41, 5.74) is 9.20. The molecular formula is C24H19N2O3PS. The number of hydrogen-bond donors (Lipinski definition) is 2. The van der Waals surface area contributed by atoms with E-state index in [0.29, 0.717) is 5.69 Å². The van der Waals surface area contributed by atoms with Crippen LogP contribution in [-0.4, -0.2) is 8.42 Å². The molecule has 5 rings (SSSR count). The summed E-state index contributed by atoms with van der Waals surface area (Å²) >= 11 is 0. The lowest BCUT2D eigenvalue weighted by Crippen LogP contribution is -2.18. The molecule has 0 amide bonds. The molecule has 0 aliphatic carbocycles. The average Bonchev–Trinajstić information content (AvgIpc) is 2.80. The van der Waals surface area contributed by atoms with Crippen LogP contribution in [0.2, 0.25) is 0 Å². The van der Waals surface area contributed by atoms with Crippen molar-refractivity contribution in [2.45, 2.75) is 9.79 Å². The van der Waals surface area contributed by atoms with Crippen molar-refractivity contribution in [3.63, 3.8) is 0 Å². The average molecular weight is 446 g/mol. The topological polar surface area (TPSA) is 81.4 Å². The summed E-state index contributed by atoms with van der Waals surface area (Å²) in [5, 5.41) is 4.53. The van der Waals surface area contributed by atoms with Gasteiger partial charge >= 0.3 is 0 Å². The van der Waals surface area contributed by atoms with Crippen LogP contribution in [0.4, 0.5) is 11.4 Å². The van der Waals surface area contributed by atoms with E-state index in [1.807, 2.05) is 30.3 Å². The Balaban J connectivity index is 1.42. The Morgan fingerprint density at radius 3 is 2.00 bits per heavy atom. The molecule has 4 aromatic rings. The highest BCUT2D eigenvalue weighted by Gasteiger charge is 2.26. The van der Waals surface area contributed by atoms with Crippen molar-refractivity contribution in [1.82, 2.24) is 0 Å². The summed E-state index contributed by atoms with van der Waals surface area (Å²) in [5.74, 6) is 0.836. The van der Waals surface area contributed by atoms with E-state index in [9.17, 15) is 8.42 Å². The van der Waals surface area contributed by atoms with Gasteiger partial charge in [0, 0.05) is 22.2 Å². The molecule has 7 heteroatoms. The van der Waals surface area contributed by atoms with E-state index in [1.165, 1.54) is 12.1 Å². The number of nitrogens with one attached hydrogen (secondary N) is 1. The molecule has 1 heterocycles. The van der Waals surface area contributed by atoms with Gasteiger partial charge in [-0.2, -0.15) is 0 Å². The van der Waals surface area contributed by atoms with Gasteiger partial charge in [0.25, 0.3) is 0 Å². The number of nitrogens with two attached hydrogens (primary N) is 1. The summed E-state index contributed by atoms with van der Waals surface area (Å²) in [6.07, 6.45) is 0. The van der Waals surface area contributed by atoms with Crippen molar-refractivity contribution in [2.75, 3.05) is 10.8 Å². The minimum absolute atomic E-state index is 0.216. The van der Waals surface area contributed by atoms with E-state index >= 15 is 0 Å². The van der Waals surface area contributed by atoms with Gasteiger partial charge in [0.15, 0.2) is 0 Å². The lowest BCUT2D eigenvalue weighted by Gasteiger charge is -2.28. The molecular weight excluding hydrogens is 427 g/mol. The number of hydrogen-bond acceptors (Lipinski definition) is 5. The van der Waals surface area contributed by atoms with Crippen LogP contribution in [0.1, 0.15) is 0 Å². The van der Waals surface area contributed by atoms with Gasteiger partial charge in [-0.05, 0) is 66.2 Å². The maximum Gasteiger partial charge on any atom is 0.223 e. The summed E-state index contributed by atoms with van der Waals surface area (Å²) in [7, 11) is -4.75. The third-order valence-electron chi connectivity index (χ3n) is 5.08. The zero-order chi connectivity index (χ0) is 21.4. The van der Waals surface area contributed by atoms with Gasteiger partial charge in [0.1, 0.15) is 5.75 Å². The lowest BCUT2D eigenvalue weighted by atomic mass is 10.0. The first-order valence-electron chi connectivity index (χ1n) is 9.66. The number of sulfone groups is 1. The van der Waals surface area contributed by atoms with Crippen LogP contribution in [0, 0.1) is 0 Å². The Kier molecular flexibility index (Phi) is 4.89. The number of rotatable bonds is 4. The second-order valence-corrected chi connectivity index (χ2v) is 10.5. The molecule has 0 radical (unpaired) electrons. The number of para-hydroxylation sites is 1. The van der Waals surface area contributed by atoms with Crippen molar-refractivity contribution in [2.24, 2.45) is 0 Å². The summed E-state index contributed by atoms with van der Waals surface area (Å²) < 4.78 is 32.0. The molecule has 1 aliphatic heterocycles. The first kappa shape index (κ1) is 19.6. The molecule has 0 fully saturated rings. The minimum Gasteiger partial charge on any atom is -0.448 e. The van der Waals surface area contributed by atoms with E-state index < -0.39 is 18.1 Å². The number of benzene rings is 4. The monoisotopic (exact) mass is 446 g/mol. The largest absolute Gasteiger partial charge is 0.448 e. The fourth-order valence-electron chi connectivity index (χ4n) is 3.49. The lowest BCUT2D eigenvalue weighted by molar-refractivity contribution is 0.596. The Morgan fingerprint density at radius 1 is 0.710 bits per heavy atom. The summed E-state index contributed by atoms with van der Waals surface area (Å²) in [4.78, 5) is 0.443. The molecule has 1 aliphatic rings. The van der Waals surface area contributed by atoms with Crippen molar-refractivity contribution in [3.05, 3.63) is 97.1 Å². The second kappa shape index (κ2) is 7.73. The first-order valence-corrected chi connectivity index (χ1v) is 12.4. The number of anilines is 2. The SMILES string of the molecule is Nc1ccc(S(=O)(=O)c2ccc(NP3Oc4ccccc4-c4ccccc43)cc2)cc1. The van der Waals surface area contributed by atoms with Gasteiger partial charge in [-0.3, -0.25) is 0 Å². The van der Waals surface area contributed by atoms with Crippen LogP contribution in [0.3, 0.4) is 0 Å². The van der Waals surface area contributed by atoms with Crippen molar-refractivity contribution in [1.29, 1.82) is 0 Å². The molecule has 0 spiro atoms. The predicted molar refractivity (Wildman–Crippen MR) is 125 cm³/mol. The molecule has 0 saturated carbocycles. The molecule has 31 heavy (non-hydrogen) atoms. The van der Waals surface area contributed by atoms with Crippen molar-refractivity contribution in [3.8, 4) is 16.9 Å². The van der Waals surface area contributed by atoms with Crippen LogP contribution < -0.4 is 20.6 Å². The predicted octanol–water partition coefficient (Wildman–Crippen LogP) is 5.21. The minimum atomic E-state index is -3.60. The van der Waals surface area contributed by atoms with Gasteiger partial charge in [0.2, 0.25) is 18.1 Å². The Labute approximate surface area is 182 Å². The molecule has 5 nitrogen and oxygen atoms in total. The van der Waals surface area contributed by atoms with Crippen molar-refractivity contribution >= 4 is 34.8 Å². The maximum atomic E-state index is 12.9. The smallest absolute Gasteiger partial charge is 0.223 e. The maximum absolute atomic E-state index is 12.9. The van der Waals surface area contributed by atoms with Crippen LogP contribution in [0.25, 0.3) is 11.1 Å². The van der Waals surface area contributed by atoms with Crippen LogP contribution in [0.15, 0.2) is 107 Å². The molecule has 4 aromatic carbocycles. The molecule has 154 valence electrons. The Morgan fingerprint density at radius 2 is 1.29 bits per heavy atom. The van der Waals surface area contributed by atoms with E-state index in [-0.39, 0.29) is 9.79 Å². The van der Waals surface area contributed by atoms with Crippen LogP contribution >= 0.6 is 8.30 Å². The fourth-order valence-corrected chi connectivity index (χ4v) is 6.39. The summed E-state index contributed by atoms with van der Waals surface area (Å²) in [6, 6.07) is 29.1. The highest BCUT2D eigenvalue weighted by Crippen LogP contribution is 2.48. The quantitative estimate of drug-likeness (QED) is 0.332. The first-order chi connectivity index (χ1) is 15.0. The zero-order valence-corrected chi connectivity index (χ0v) is 18.1. The standard InChI is InChI=1S/C24H19N2O3PS/c25-17-9-13-19(14-10-17)31(27,28)20-15-11-18(12-16-20)26-30-24-8-4-2-6-22(24)21-5-1-3-7-23(21)29-30/h1-16,26H,25H2. The van der Waals surface area contributed by atoms with E-state index in [1.54, 1.807) is 36.4 Å². The highest BCUT2D eigenvalue weighted by molar-refractivity contribution is 7.91. The molecule has 3 N–H and O–H groups in total. The van der Waals surface area contributed by atoms with E-state index in [4.69, 9.17) is 10.3 Å². The number of nitrogen functional groups attached to an aromatic ring is 1. The third-order valence-corrected chi connectivity index (χ3v) is 8.53. The Bertz CT molecular complexity index is 1350. The van der Waals surface area contributed by atoms with Gasteiger partial charge in [-0.1, -0.05) is 36.4 Å².